The van der Waals surface area contributed by atoms with Gasteiger partial charge in [-0.2, -0.15) is 0 Å². The Balaban J connectivity index is 2.95. The summed E-state index contributed by atoms with van der Waals surface area (Å²) in [6.45, 7) is 2.61. The molecule has 0 fully saturated rings. The zero-order valence-electron chi connectivity index (χ0n) is 11.2. The molecule has 1 aromatic carbocycles. The van der Waals surface area contributed by atoms with E-state index in [9.17, 15) is 14.4 Å². The van der Waals surface area contributed by atoms with E-state index in [1.165, 1.54) is 19.9 Å². The van der Waals surface area contributed by atoms with Crippen molar-refractivity contribution in [1.29, 1.82) is 0 Å². The summed E-state index contributed by atoms with van der Waals surface area (Å²) in [5.41, 5.74) is 0.714. The first-order valence-electron chi connectivity index (χ1n) is 5.98. The minimum atomic E-state index is -1.15. The maximum Gasteiger partial charge on any atom is 0.325 e. The number of carbonyl (C=O) groups is 3. The number of benzene rings is 1. The molecule has 0 saturated heterocycles. The number of aliphatic carboxylic acids is 1. The molecule has 0 bridgehead atoms. The van der Waals surface area contributed by atoms with Gasteiger partial charge in [0.2, 0.25) is 5.91 Å². The molecule has 0 aliphatic rings. The molecule has 0 spiro atoms. The lowest BCUT2D eigenvalue weighted by molar-refractivity contribution is -0.140. The summed E-state index contributed by atoms with van der Waals surface area (Å²) in [5.74, 6) is -2.22. The van der Waals surface area contributed by atoms with E-state index in [1.807, 2.05) is 6.07 Å². The van der Waals surface area contributed by atoms with Gasteiger partial charge in [0.25, 0.3) is 5.91 Å². The van der Waals surface area contributed by atoms with Crippen LogP contribution in [-0.4, -0.2) is 28.9 Å². The highest BCUT2D eigenvalue weighted by Gasteiger charge is 2.17. The van der Waals surface area contributed by atoms with E-state index < -0.39 is 23.8 Å². The molecular weight excluding hydrogens is 260 g/mol. The van der Waals surface area contributed by atoms with Crippen molar-refractivity contribution < 1.29 is 19.5 Å². The molecular formula is C14H16N2O4. The van der Waals surface area contributed by atoms with Crippen molar-refractivity contribution in [2.45, 2.75) is 19.9 Å². The summed E-state index contributed by atoms with van der Waals surface area (Å²) in [6.07, 6.45) is 1.48. The Kier molecular flexibility index (Phi) is 5.46. The van der Waals surface area contributed by atoms with Gasteiger partial charge in [-0.05, 0) is 18.6 Å². The fourth-order valence-corrected chi connectivity index (χ4v) is 1.40. The molecule has 0 aromatic heterocycles. The average molecular weight is 276 g/mol. The van der Waals surface area contributed by atoms with E-state index in [1.54, 1.807) is 24.3 Å². The van der Waals surface area contributed by atoms with E-state index >= 15 is 0 Å². The smallest absolute Gasteiger partial charge is 0.325 e. The minimum absolute atomic E-state index is 0.00296. The maximum absolute atomic E-state index is 11.9. The van der Waals surface area contributed by atoms with E-state index in [-0.39, 0.29) is 5.70 Å². The zero-order chi connectivity index (χ0) is 15.1. The molecule has 20 heavy (non-hydrogen) atoms. The Morgan fingerprint density at radius 1 is 1.20 bits per heavy atom. The molecule has 0 radical (unpaired) electrons. The molecule has 1 aromatic rings. The van der Waals surface area contributed by atoms with Crippen molar-refractivity contribution in [3.8, 4) is 0 Å². The van der Waals surface area contributed by atoms with Crippen LogP contribution in [0, 0.1) is 0 Å². The van der Waals surface area contributed by atoms with Crippen molar-refractivity contribution in [3.63, 3.8) is 0 Å². The Bertz CT molecular complexity index is 537. The van der Waals surface area contributed by atoms with E-state index in [2.05, 4.69) is 10.6 Å². The summed E-state index contributed by atoms with van der Waals surface area (Å²) in [5, 5.41) is 13.4. The fraction of sp³-hybridized carbons (Fsp3) is 0.214. The number of carboxylic acid groups (broad SMARTS) is 1. The molecule has 106 valence electrons. The summed E-state index contributed by atoms with van der Waals surface area (Å²) < 4.78 is 0. The molecule has 6 nitrogen and oxygen atoms in total. The van der Waals surface area contributed by atoms with Crippen molar-refractivity contribution in [1.82, 2.24) is 10.6 Å². The molecule has 2 amide bonds. The molecule has 6 heteroatoms. The van der Waals surface area contributed by atoms with Crippen LogP contribution < -0.4 is 10.6 Å². The molecule has 0 saturated carbocycles. The minimum Gasteiger partial charge on any atom is -0.480 e. The van der Waals surface area contributed by atoms with E-state index in [0.29, 0.717) is 0 Å². The lowest BCUT2D eigenvalue weighted by Crippen LogP contribution is -2.42. The van der Waals surface area contributed by atoms with Crippen LogP contribution in [0.1, 0.15) is 19.4 Å². The molecule has 1 atom stereocenters. The number of amides is 2. The topological polar surface area (TPSA) is 95.5 Å². The Labute approximate surface area is 116 Å². The first-order valence-corrected chi connectivity index (χ1v) is 5.98. The van der Waals surface area contributed by atoms with Gasteiger partial charge in [0.1, 0.15) is 11.7 Å². The Morgan fingerprint density at radius 3 is 2.30 bits per heavy atom. The van der Waals surface area contributed by atoms with E-state index in [0.717, 1.165) is 5.56 Å². The third-order valence-corrected chi connectivity index (χ3v) is 2.38. The normalized spacial score (nSPS) is 12.4. The van der Waals surface area contributed by atoms with Crippen LogP contribution in [0.2, 0.25) is 0 Å². The highest BCUT2D eigenvalue weighted by atomic mass is 16.4. The van der Waals surface area contributed by atoms with Gasteiger partial charge in [-0.25, -0.2) is 0 Å². The lowest BCUT2D eigenvalue weighted by Gasteiger charge is -2.12. The van der Waals surface area contributed by atoms with Gasteiger partial charge in [0.05, 0.1) is 0 Å². The number of rotatable bonds is 5. The molecule has 0 aliphatic carbocycles. The van der Waals surface area contributed by atoms with Crippen molar-refractivity contribution in [2.24, 2.45) is 0 Å². The third kappa shape index (κ3) is 4.93. The lowest BCUT2D eigenvalue weighted by atomic mass is 10.2. The predicted octanol–water partition coefficient (Wildman–Crippen LogP) is 0.753. The summed E-state index contributed by atoms with van der Waals surface area (Å²) in [7, 11) is 0. The molecule has 3 N–H and O–H groups in total. The summed E-state index contributed by atoms with van der Waals surface area (Å²) in [6, 6.07) is 7.87. The van der Waals surface area contributed by atoms with Gasteiger partial charge in [-0.15, -0.1) is 0 Å². The Morgan fingerprint density at radius 2 is 1.80 bits per heavy atom. The van der Waals surface area contributed by atoms with Crippen LogP contribution in [0.25, 0.3) is 6.08 Å². The SMILES string of the molecule is CC(=O)NC(=Cc1ccccc1)C(=O)NC(C)C(=O)O. The number of nitrogens with one attached hydrogen (secondary N) is 2. The van der Waals surface area contributed by atoms with Gasteiger partial charge in [0, 0.05) is 6.92 Å². The van der Waals surface area contributed by atoms with Crippen LogP contribution in [0.4, 0.5) is 0 Å². The number of hydrogen-bond acceptors (Lipinski definition) is 3. The zero-order valence-corrected chi connectivity index (χ0v) is 11.2. The largest absolute Gasteiger partial charge is 0.480 e. The molecule has 1 rings (SSSR count). The number of carbonyl (C=O) groups excluding carboxylic acids is 2. The summed E-state index contributed by atoms with van der Waals surface area (Å²) >= 11 is 0. The van der Waals surface area contributed by atoms with Gasteiger partial charge >= 0.3 is 5.97 Å². The second-order valence-corrected chi connectivity index (χ2v) is 4.18. The first-order chi connectivity index (χ1) is 9.40. The van der Waals surface area contributed by atoms with Crippen LogP contribution in [0.15, 0.2) is 36.0 Å². The molecule has 0 aliphatic heterocycles. The van der Waals surface area contributed by atoms with Crippen molar-refractivity contribution >= 4 is 23.9 Å². The van der Waals surface area contributed by atoms with Crippen LogP contribution >= 0.6 is 0 Å². The van der Waals surface area contributed by atoms with Gasteiger partial charge in [-0.3, -0.25) is 14.4 Å². The second-order valence-electron chi connectivity index (χ2n) is 4.18. The predicted molar refractivity (Wildman–Crippen MR) is 73.5 cm³/mol. The quantitative estimate of drug-likeness (QED) is 0.692. The van der Waals surface area contributed by atoms with Crippen molar-refractivity contribution in [3.05, 3.63) is 41.6 Å². The standard InChI is InChI=1S/C14H16N2O4/c1-9(14(19)20)15-13(18)12(16-10(2)17)8-11-6-4-3-5-7-11/h3-9H,1-2H3,(H,15,18)(H,16,17)(H,19,20). The van der Waals surface area contributed by atoms with Crippen molar-refractivity contribution in [2.75, 3.05) is 0 Å². The highest BCUT2D eigenvalue weighted by molar-refractivity contribution is 6.02. The van der Waals surface area contributed by atoms with Gasteiger partial charge in [-0.1, -0.05) is 30.3 Å². The van der Waals surface area contributed by atoms with Crippen LogP contribution in [0.3, 0.4) is 0 Å². The highest BCUT2D eigenvalue weighted by Crippen LogP contribution is 2.05. The number of hydrogen-bond donors (Lipinski definition) is 3. The van der Waals surface area contributed by atoms with Gasteiger partial charge < -0.3 is 15.7 Å². The van der Waals surface area contributed by atoms with Crippen LogP contribution in [0.5, 0.6) is 0 Å². The second kappa shape index (κ2) is 7.08. The number of carboxylic acids is 1. The first kappa shape index (κ1) is 15.4. The molecule has 0 heterocycles. The average Bonchev–Trinajstić information content (AvgIpc) is 2.38. The Hall–Kier alpha value is -2.63. The third-order valence-electron chi connectivity index (χ3n) is 2.38. The van der Waals surface area contributed by atoms with E-state index in [4.69, 9.17) is 5.11 Å². The molecule has 1 unspecified atom stereocenters. The summed E-state index contributed by atoms with van der Waals surface area (Å²) in [4.78, 5) is 33.8. The van der Waals surface area contributed by atoms with Crippen LogP contribution in [-0.2, 0) is 14.4 Å². The maximum atomic E-state index is 11.9. The van der Waals surface area contributed by atoms with Gasteiger partial charge in [0.15, 0.2) is 0 Å². The fourth-order valence-electron chi connectivity index (χ4n) is 1.40. The monoisotopic (exact) mass is 276 g/mol.